The second-order valence-corrected chi connectivity index (χ2v) is 8.74. The summed E-state index contributed by atoms with van der Waals surface area (Å²) in [5, 5.41) is -0.0191. The van der Waals surface area contributed by atoms with Crippen molar-refractivity contribution in [1.82, 2.24) is 14.9 Å². The summed E-state index contributed by atoms with van der Waals surface area (Å²) in [6.07, 6.45) is 5.19. The van der Waals surface area contributed by atoms with Gasteiger partial charge in [-0.15, -0.1) is 0 Å². The third-order valence-corrected chi connectivity index (χ3v) is 5.24. The van der Waals surface area contributed by atoms with Crippen LogP contribution in [0.4, 0.5) is 4.79 Å². The first-order chi connectivity index (χ1) is 10.7. The van der Waals surface area contributed by atoms with Crippen LogP contribution in [0.5, 0.6) is 0 Å². The fourth-order valence-corrected chi connectivity index (χ4v) is 4.04. The molecule has 2 heterocycles. The molecule has 1 aromatic heterocycles. The summed E-state index contributed by atoms with van der Waals surface area (Å²) in [4.78, 5) is 21.4. The van der Waals surface area contributed by atoms with Crippen molar-refractivity contribution in [3.63, 3.8) is 0 Å². The van der Waals surface area contributed by atoms with Crippen LogP contribution in [0.3, 0.4) is 0 Å². The summed E-state index contributed by atoms with van der Waals surface area (Å²) in [6.45, 7) is 6.41. The van der Waals surface area contributed by atoms with E-state index in [2.05, 4.69) is 9.97 Å². The highest BCUT2D eigenvalue weighted by Gasteiger charge is 2.31. The molecule has 1 aliphatic rings. The molecule has 1 aliphatic heterocycles. The standard InChI is InChI=1S/C15H23N3O4S/c1-15(2,3)22-14(19)18-8-4-5-12(10-18)11-23(20,21)13-9-16-6-7-17-13/h6-7,9,12H,4-5,8,10-11H2,1-3H3/t12-/m0/s1. The van der Waals surface area contributed by atoms with Gasteiger partial charge in [-0.05, 0) is 39.5 Å². The third kappa shape index (κ3) is 5.16. The number of hydrogen-bond acceptors (Lipinski definition) is 6. The van der Waals surface area contributed by atoms with Crippen LogP contribution in [0.25, 0.3) is 0 Å². The van der Waals surface area contributed by atoms with Gasteiger partial charge in [0, 0.05) is 25.5 Å². The summed E-state index contributed by atoms with van der Waals surface area (Å²) in [6, 6.07) is 0. The number of nitrogens with zero attached hydrogens (tertiary/aromatic N) is 3. The van der Waals surface area contributed by atoms with E-state index in [1.165, 1.54) is 18.6 Å². The van der Waals surface area contributed by atoms with Crippen molar-refractivity contribution < 1.29 is 17.9 Å². The minimum atomic E-state index is -3.50. The molecule has 0 N–H and O–H groups in total. The first-order valence-electron chi connectivity index (χ1n) is 7.64. The van der Waals surface area contributed by atoms with Crippen molar-refractivity contribution in [2.24, 2.45) is 5.92 Å². The quantitative estimate of drug-likeness (QED) is 0.834. The van der Waals surface area contributed by atoms with E-state index >= 15 is 0 Å². The van der Waals surface area contributed by atoms with Crippen LogP contribution in [0.15, 0.2) is 23.6 Å². The summed E-state index contributed by atoms with van der Waals surface area (Å²) in [5.41, 5.74) is -0.560. The number of aromatic nitrogens is 2. The van der Waals surface area contributed by atoms with Crippen LogP contribution < -0.4 is 0 Å². The molecule has 128 valence electrons. The first-order valence-corrected chi connectivity index (χ1v) is 9.29. The molecular formula is C15H23N3O4S. The summed E-state index contributed by atoms with van der Waals surface area (Å²) in [5.74, 6) is -0.159. The average Bonchev–Trinajstić information content (AvgIpc) is 2.46. The zero-order valence-corrected chi connectivity index (χ0v) is 14.5. The van der Waals surface area contributed by atoms with E-state index in [1.54, 1.807) is 4.90 Å². The van der Waals surface area contributed by atoms with E-state index in [4.69, 9.17) is 4.74 Å². The maximum Gasteiger partial charge on any atom is 0.410 e. The highest BCUT2D eigenvalue weighted by molar-refractivity contribution is 7.91. The fourth-order valence-electron chi connectivity index (χ4n) is 2.54. The molecular weight excluding hydrogens is 318 g/mol. The number of carbonyl (C=O) groups is 1. The molecule has 0 aliphatic carbocycles. The molecule has 0 spiro atoms. The SMILES string of the molecule is CC(C)(C)OC(=O)N1CCC[C@H](CS(=O)(=O)c2cnccn2)C1. The van der Waals surface area contributed by atoms with Gasteiger partial charge in [0.05, 0.1) is 11.9 Å². The monoisotopic (exact) mass is 341 g/mol. The van der Waals surface area contributed by atoms with Crippen molar-refractivity contribution in [1.29, 1.82) is 0 Å². The second kappa shape index (κ2) is 6.82. The van der Waals surface area contributed by atoms with Gasteiger partial charge in [0.2, 0.25) is 0 Å². The Balaban J connectivity index is 2.00. The average molecular weight is 341 g/mol. The lowest BCUT2D eigenvalue weighted by Gasteiger charge is -2.33. The van der Waals surface area contributed by atoms with Gasteiger partial charge in [-0.25, -0.2) is 18.2 Å². The lowest BCUT2D eigenvalue weighted by atomic mass is 10.0. The number of amides is 1. The van der Waals surface area contributed by atoms with E-state index < -0.39 is 15.4 Å². The zero-order chi connectivity index (χ0) is 17.1. The highest BCUT2D eigenvalue weighted by Crippen LogP contribution is 2.22. The summed E-state index contributed by atoms with van der Waals surface area (Å²) < 4.78 is 30.1. The molecule has 1 aromatic rings. The van der Waals surface area contributed by atoms with E-state index in [-0.39, 0.29) is 22.8 Å². The van der Waals surface area contributed by atoms with E-state index in [9.17, 15) is 13.2 Å². The fraction of sp³-hybridized carbons (Fsp3) is 0.667. The predicted octanol–water partition coefficient (Wildman–Crippen LogP) is 1.90. The van der Waals surface area contributed by atoms with Gasteiger partial charge in [0.15, 0.2) is 14.9 Å². The first kappa shape index (κ1) is 17.7. The molecule has 7 nitrogen and oxygen atoms in total. The topological polar surface area (TPSA) is 89.5 Å². The van der Waals surface area contributed by atoms with E-state index in [1.807, 2.05) is 20.8 Å². The van der Waals surface area contributed by atoms with Gasteiger partial charge >= 0.3 is 6.09 Å². The number of ether oxygens (including phenoxy) is 1. The van der Waals surface area contributed by atoms with Crippen LogP contribution in [-0.4, -0.2) is 53.8 Å². The number of likely N-dealkylation sites (tertiary alicyclic amines) is 1. The molecule has 1 amide bonds. The highest BCUT2D eigenvalue weighted by atomic mass is 32.2. The molecule has 0 bridgehead atoms. The van der Waals surface area contributed by atoms with Gasteiger partial charge in [0.1, 0.15) is 5.60 Å². The van der Waals surface area contributed by atoms with Crippen molar-refractivity contribution in [3.05, 3.63) is 18.6 Å². The minimum Gasteiger partial charge on any atom is -0.444 e. The molecule has 23 heavy (non-hydrogen) atoms. The molecule has 0 saturated carbocycles. The Morgan fingerprint density at radius 3 is 2.74 bits per heavy atom. The lowest BCUT2D eigenvalue weighted by Crippen LogP contribution is -2.44. The Hall–Kier alpha value is -1.70. The predicted molar refractivity (Wildman–Crippen MR) is 84.6 cm³/mol. The Morgan fingerprint density at radius 2 is 2.13 bits per heavy atom. The summed E-state index contributed by atoms with van der Waals surface area (Å²) in [7, 11) is -3.50. The maximum absolute atomic E-state index is 12.4. The van der Waals surface area contributed by atoms with Crippen molar-refractivity contribution in [2.45, 2.75) is 44.2 Å². The Bertz CT molecular complexity index is 640. The van der Waals surface area contributed by atoms with Gasteiger partial charge in [0.25, 0.3) is 0 Å². The number of rotatable bonds is 3. The van der Waals surface area contributed by atoms with Crippen molar-refractivity contribution in [3.8, 4) is 0 Å². The minimum absolute atomic E-state index is 0.0191. The van der Waals surface area contributed by atoms with Gasteiger partial charge in [-0.2, -0.15) is 0 Å². The van der Waals surface area contributed by atoms with Crippen LogP contribution >= 0.6 is 0 Å². The van der Waals surface area contributed by atoms with E-state index in [0.717, 1.165) is 12.8 Å². The molecule has 0 radical (unpaired) electrons. The Kier molecular flexibility index (Phi) is 5.23. The van der Waals surface area contributed by atoms with Crippen molar-refractivity contribution >= 4 is 15.9 Å². The normalized spacial score (nSPS) is 19.4. The number of carbonyl (C=O) groups excluding carboxylic acids is 1. The third-order valence-electron chi connectivity index (χ3n) is 3.48. The number of hydrogen-bond donors (Lipinski definition) is 0. The molecule has 8 heteroatoms. The summed E-state index contributed by atoms with van der Waals surface area (Å²) >= 11 is 0. The van der Waals surface area contributed by atoms with Gasteiger partial charge in [-0.1, -0.05) is 0 Å². The van der Waals surface area contributed by atoms with Gasteiger partial charge in [-0.3, -0.25) is 4.98 Å². The Morgan fingerprint density at radius 1 is 1.39 bits per heavy atom. The second-order valence-electron chi connectivity index (χ2n) is 6.76. The molecule has 1 fully saturated rings. The van der Waals surface area contributed by atoms with Crippen LogP contribution in [0.1, 0.15) is 33.6 Å². The van der Waals surface area contributed by atoms with E-state index in [0.29, 0.717) is 13.1 Å². The van der Waals surface area contributed by atoms with Crippen LogP contribution in [-0.2, 0) is 14.6 Å². The zero-order valence-electron chi connectivity index (χ0n) is 13.7. The molecule has 0 unspecified atom stereocenters. The van der Waals surface area contributed by atoms with Crippen LogP contribution in [0, 0.1) is 5.92 Å². The lowest BCUT2D eigenvalue weighted by molar-refractivity contribution is 0.0176. The molecule has 1 saturated heterocycles. The Labute approximate surface area is 137 Å². The smallest absolute Gasteiger partial charge is 0.410 e. The number of piperidine rings is 1. The maximum atomic E-state index is 12.4. The van der Waals surface area contributed by atoms with Crippen molar-refractivity contribution in [2.75, 3.05) is 18.8 Å². The molecule has 2 rings (SSSR count). The van der Waals surface area contributed by atoms with Crippen LogP contribution in [0.2, 0.25) is 0 Å². The molecule has 1 atom stereocenters. The van der Waals surface area contributed by atoms with Gasteiger partial charge < -0.3 is 9.64 Å². The number of sulfone groups is 1. The molecule has 0 aromatic carbocycles. The largest absolute Gasteiger partial charge is 0.444 e.